The lowest BCUT2D eigenvalue weighted by Crippen LogP contribution is -2.30. The number of amides is 1. The molecule has 1 rings (SSSR count). The van der Waals surface area contributed by atoms with Gasteiger partial charge in [0.1, 0.15) is 0 Å². The average molecular weight is 251 g/mol. The number of likely N-dealkylation sites (N-methyl/N-ethyl adjacent to an activating group) is 1. The predicted molar refractivity (Wildman–Crippen MR) is 68.9 cm³/mol. The highest BCUT2D eigenvalue weighted by atomic mass is 16.5. The summed E-state index contributed by atoms with van der Waals surface area (Å²) >= 11 is 0. The third-order valence-electron chi connectivity index (χ3n) is 2.10. The van der Waals surface area contributed by atoms with Crippen molar-refractivity contribution in [3.63, 3.8) is 0 Å². The molecule has 0 bridgehead atoms. The van der Waals surface area contributed by atoms with Crippen molar-refractivity contribution in [3.8, 4) is 11.5 Å². The standard InChI is InChI=1S/C12H17N3O3/c1-15(2)8-11(16)14-13-7-9-5-4-6-10(18-3)12(9)17/h4-7,17H,8H2,1-3H3,(H,14,16)/b13-7-. The molecule has 2 N–H and O–H groups in total. The molecule has 0 unspecified atom stereocenters. The van der Waals surface area contributed by atoms with Crippen LogP contribution in [0, 0.1) is 0 Å². The van der Waals surface area contributed by atoms with Crippen LogP contribution in [-0.4, -0.2) is 49.9 Å². The second-order valence-corrected chi connectivity index (χ2v) is 3.93. The largest absolute Gasteiger partial charge is 0.504 e. The number of hydrogen-bond donors (Lipinski definition) is 2. The van der Waals surface area contributed by atoms with Crippen molar-refractivity contribution >= 4 is 12.1 Å². The SMILES string of the molecule is COc1cccc(/C=N\NC(=O)CN(C)C)c1O. The van der Waals surface area contributed by atoms with Crippen LogP contribution in [0.5, 0.6) is 11.5 Å². The molecule has 6 heteroatoms. The molecule has 0 spiro atoms. The van der Waals surface area contributed by atoms with E-state index in [0.29, 0.717) is 11.3 Å². The van der Waals surface area contributed by atoms with E-state index in [9.17, 15) is 9.90 Å². The Morgan fingerprint density at radius 2 is 2.28 bits per heavy atom. The summed E-state index contributed by atoms with van der Waals surface area (Å²) in [6.45, 7) is 0.251. The number of nitrogens with zero attached hydrogens (tertiary/aromatic N) is 2. The minimum absolute atomic E-state index is 0.00870. The highest BCUT2D eigenvalue weighted by molar-refractivity contribution is 5.86. The number of rotatable bonds is 5. The molecular weight excluding hydrogens is 234 g/mol. The quantitative estimate of drug-likeness (QED) is 0.587. The Labute approximate surface area is 106 Å². The Morgan fingerprint density at radius 3 is 2.89 bits per heavy atom. The van der Waals surface area contributed by atoms with E-state index >= 15 is 0 Å². The number of carbonyl (C=O) groups excluding carboxylic acids is 1. The first-order valence-corrected chi connectivity index (χ1v) is 5.37. The Hall–Kier alpha value is -2.08. The zero-order chi connectivity index (χ0) is 13.5. The summed E-state index contributed by atoms with van der Waals surface area (Å²) in [4.78, 5) is 13.0. The third-order valence-corrected chi connectivity index (χ3v) is 2.10. The van der Waals surface area contributed by atoms with Gasteiger partial charge >= 0.3 is 0 Å². The lowest BCUT2D eigenvalue weighted by molar-refractivity contribution is -0.121. The highest BCUT2D eigenvalue weighted by Gasteiger charge is 2.05. The minimum Gasteiger partial charge on any atom is -0.504 e. The molecular formula is C12H17N3O3. The molecule has 0 heterocycles. The summed E-state index contributed by atoms with van der Waals surface area (Å²) in [6.07, 6.45) is 1.37. The van der Waals surface area contributed by atoms with Crippen LogP contribution < -0.4 is 10.2 Å². The maximum atomic E-state index is 11.3. The summed E-state index contributed by atoms with van der Waals surface area (Å²) in [5, 5.41) is 13.5. The normalized spacial score (nSPS) is 10.9. The van der Waals surface area contributed by atoms with Crippen molar-refractivity contribution in [2.75, 3.05) is 27.7 Å². The van der Waals surface area contributed by atoms with E-state index in [1.165, 1.54) is 13.3 Å². The number of methoxy groups -OCH3 is 1. The van der Waals surface area contributed by atoms with Gasteiger partial charge in [0, 0.05) is 5.56 Å². The summed E-state index contributed by atoms with van der Waals surface area (Å²) in [5.41, 5.74) is 2.84. The van der Waals surface area contributed by atoms with Gasteiger partial charge < -0.3 is 14.7 Å². The molecule has 1 amide bonds. The lowest BCUT2D eigenvalue weighted by Gasteiger charge is -2.07. The van der Waals surface area contributed by atoms with Gasteiger partial charge in [0.2, 0.25) is 0 Å². The summed E-state index contributed by atoms with van der Waals surface area (Å²) < 4.78 is 4.96. The molecule has 0 aliphatic carbocycles. The van der Waals surface area contributed by atoms with Gasteiger partial charge in [0.05, 0.1) is 19.9 Å². The maximum Gasteiger partial charge on any atom is 0.254 e. The maximum absolute atomic E-state index is 11.3. The van der Waals surface area contributed by atoms with Gasteiger partial charge in [0.25, 0.3) is 5.91 Å². The average Bonchev–Trinajstić information content (AvgIpc) is 2.30. The Bertz CT molecular complexity index is 444. The van der Waals surface area contributed by atoms with Crippen molar-refractivity contribution in [1.29, 1.82) is 0 Å². The molecule has 0 saturated heterocycles. The van der Waals surface area contributed by atoms with E-state index in [4.69, 9.17) is 4.74 Å². The van der Waals surface area contributed by atoms with E-state index in [1.54, 1.807) is 37.2 Å². The number of phenols is 1. The number of aromatic hydroxyl groups is 1. The summed E-state index contributed by atoms with van der Waals surface area (Å²) in [6, 6.07) is 5.03. The van der Waals surface area contributed by atoms with Gasteiger partial charge in [0.15, 0.2) is 11.5 Å². The Kier molecular flexibility index (Phi) is 5.13. The van der Waals surface area contributed by atoms with Crippen molar-refractivity contribution in [3.05, 3.63) is 23.8 Å². The van der Waals surface area contributed by atoms with Crippen LogP contribution in [0.2, 0.25) is 0 Å². The molecule has 1 aromatic carbocycles. The molecule has 0 fully saturated rings. The van der Waals surface area contributed by atoms with Crippen LogP contribution in [0.15, 0.2) is 23.3 Å². The van der Waals surface area contributed by atoms with E-state index in [-0.39, 0.29) is 18.2 Å². The van der Waals surface area contributed by atoms with Gasteiger partial charge in [-0.25, -0.2) is 5.43 Å². The number of hydrogen-bond acceptors (Lipinski definition) is 5. The number of nitrogens with one attached hydrogen (secondary N) is 1. The second kappa shape index (κ2) is 6.61. The number of phenolic OH excluding ortho intramolecular Hbond substituents is 1. The van der Waals surface area contributed by atoms with Crippen LogP contribution in [0.1, 0.15) is 5.56 Å². The molecule has 0 saturated carbocycles. The molecule has 6 nitrogen and oxygen atoms in total. The smallest absolute Gasteiger partial charge is 0.254 e. The summed E-state index contributed by atoms with van der Waals surface area (Å²) in [7, 11) is 5.04. The van der Waals surface area contributed by atoms with Gasteiger partial charge in [-0.15, -0.1) is 0 Å². The molecule has 1 aromatic rings. The first kappa shape index (κ1) is 14.0. The van der Waals surface area contributed by atoms with Crippen LogP contribution in [-0.2, 0) is 4.79 Å². The number of ether oxygens (including phenoxy) is 1. The van der Waals surface area contributed by atoms with Crippen LogP contribution >= 0.6 is 0 Å². The third kappa shape index (κ3) is 4.06. The molecule has 98 valence electrons. The Balaban J connectivity index is 2.65. The first-order chi connectivity index (χ1) is 8.54. The number of carbonyl (C=O) groups is 1. The van der Waals surface area contributed by atoms with Crippen molar-refractivity contribution < 1.29 is 14.6 Å². The zero-order valence-corrected chi connectivity index (χ0v) is 10.7. The van der Waals surface area contributed by atoms with Crippen LogP contribution in [0.3, 0.4) is 0 Å². The Morgan fingerprint density at radius 1 is 1.56 bits per heavy atom. The fraction of sp³-hybridized carbons (Fsp3) is 0.333. The monoisotopic (exact) mass is 251 g/mol. The van der Waals surface area contributed by atoms with Gasteiger partial charge in [-0.3, -0.25) is 4.79 Å². The second-order valence-electron chi connectivity index (χ2n) is 3.93. The number of benzene rings is 1. The minimum atomic E-state index is -0.223. The van der Waals surface area contributed by atoms with E-state index in [1.807, 2.05) is 0 Å². The predicted octanol–water partition coefficient (Wildman–Crippen LogP) is 0.412. The van der Waals surface area contributed by atoms with Gasteiger partial charge in [-0.05, 0) is 26.2 Å². The number of para-hydroxylation sites is 1. The van der Waals surface area contributed by atoms with E-state index in [2.05, 4.69) is 10.5 Å². The zero-order valence-electron chi connectivity index (χ0n) is 10.7. The lowest BCUT2D eigenvalue weighted by atomic mass is 10.2. The van der Waals surface area contributed by atoms with E-state index in [0.717, 1.165) is 0 Å². The van der Waals surface area contributed by atoms with Crippen LogP contribution in [0.4, 0.5) is 0 Å². The molecule has 0 aliphatic heterocycles. The topological polar surface area (TPSA) is 74.2 Å². The molecule has 0 radical (unpaired) electrons. The van der Waals surface area contributed by atoms with Crippen molar-refractivity contribution in [1.82, 2.24) is 10.3 Å². The highest BCUT2D eigenvalue weighted by Crippen LogP contribution is 2.27. The van der Waals surface area contributed by atoms with Crippen LogP contribution in [0.25, 0.3) is 0 Å². The first-order valence-electron chi connectivity index (χ1n) is 5.37. The van der Waals surface area contributed by atoms with Crippen molar-refractivity contribution in [2.24, 2.45) is 5.10 Å². The summed E-state index contributed by atoms with van der Waals surface area (Å²) in [5.74, 6) is 0.128. The van der Waals surface area contributed by atoms with E-state index < -0.39 is 0 Å². The fourth-order valence-corrected chi connectivity index (χ4v) is 1.30. The molecule has 0 aromatic heterocycles. The van der Waals surface area contributed by atoms with Gasteiger partial charge in [-0.1, -0.05) is 6.07 Å². The molecule has 18 heavy (non-hydrogen) atoms. The number of hydrazone groups is 1. The van der Waals surface area contributed by atoms with Gasteiger partial charge in [-0.2, -0.15) is 5.10 Å². The fourth-order valence-electron chi connectivity index (χ4n) is 1.30. The molecule has 0 atom stereocenters. The van der Waals surface area contributed by atoms with Crippen molar-refractivity contribution in [2.45, 2.75) is 0 Å². The molecule has 0 aliphatic rings.